The summed E-state index contributed by atoms with van der Waals surface area (Å²) >= 11 is 4.82. The van der Waals surface area contributed by atoms with Crippen LogP contribution in [0.4, 0.5) is 11.4 Å². The van der Waals surface area contributed by atoms with E-state index in [0.29, 0.717) is 11.0 Å². The Balaban J connectivity index is 1.50. The second-order valence-corrected chi connectivity index (χ2v) is 9.27. The van der Waals surface area contributed by atoms with Gasteiger partial charge in [0.1, 0.15) is 0 Å². The van der Waals surface area contributed by atoms with Crippen LogP contribution in [0.25, 0.3) is 17.1 Å². The number of amides is 1. The molecule has 4 aromatic rings. The largest absolute Gasteiger partial charge is 0.372 e. The molecule has 0 fully saturated rings. The van der Waals surface area contributed by atoms with Crippen LogP contribution in [0.3, 0.4) is 0 Å². The molecule has 0 radical (unpaired) electrons. The summed E-state index contributed by atoms with van der Waals surface area (Å²) in [6, 6.07) is 19.6. The van der Waals surface area contributed by atoms with Crippen LogP contribution in [0.15, 0.2) is 82.7 Å². The maximum atomic E-state index is 12.7. The van der Waals surface area contributed by atoms with E-state index in [9.17, 15) is 4.79 Å². The Kier molecular flexibility index (Phi) is 7.97. The molecule has 0 bridgehead atoms. The Morgan fingerprint density at radius 1 is 1.03 bits per heavy atom. The number of nitrogens with one attached hydrogen (secondary N) is 1. The third kappa shape index (κ3) is 5.66. The van der Waals surface area contributed by atoms with Gasteiger partial charge in [0.25, 0.3) is 0 Å². The minimum Gasteiger partial charge on any atom is -0.372 e. The van der Waals surface area contributed by atoms with E-state index in [-0.39, 0.29) is 11.7 Å². The van der Waals surface area contributed by atoms with Crippen molar-refractivity contribution in [2.75, 3.05) is 29.1 Å². The lowest BCUT2D eigenvalue weighted by atomic mass is 10.2. The molecule has 2 aromatic heterocycles. The van der Waals surface area contributed by atoms with Gasteiger partial charge < -0.3 is 10.2 Å². The molecule has 0 aliphatic carbocycles. The van der Waals surface area contributed by atoms with Crippen LogP contribution < -0.4 is 10.2 Å². The average Bonchev–Trinajstić information content (AvgIpc) is 3.29. The van der Waals surface area contributed by atoms with E-state index < -0.39 is 0 Å². The average molecular weight is 537 g/mol. The second kappa shape index (κ2) is 11.3. The fourth-order valence-electron chi connectivity index (χ4n) is 3.54. The van der Waals surface area contributed by atoms with Crippen molar-refractivity contribution in [1.29, 1.82) is 0 Å². The lowest BCUT2D eigenvalue weighted by Gasteiger charge is -2.21. The number of pyridine rings is 1. The summed E-state index contributed by atoms with van der Waals surface area (Å²) in [4.78, 5) is 19.1. The number of hydrogen-bond donors (Lipinski definition) is 1. The number of anilines is 2. The van der Waals surface area contributed by atoms with Crippen molar-refractivity contribution in [2.24, 2.45) is 0 Å². The van der Waals surface area contributed by atoms with Crippen molar-refractivity contribution >= 4 is 45.0 Å². The molecule has 0 spiro atoms. The highest BCUT2D eigenvalue weighted by atomic mass is 79.9. The van der Waals surface area contributed by atoms with E-state index in [0.717, 1.165) is 40.2 Å². The molecule has 0 unspecified atom stereocenters. The van der Waals surface area contributed by atoms with Crippen molar-refractivity contribution in [2.45, 2.75) is 19.0 Å². The summed E-state index contributed by atoms with van der Waals surface area (Å²) in [5, 5.41) is 12.4. The highest BCUT2D eigenvalue weighted by molar-refractivity contribution is 9.10. The second-order valence-electron chi connectivity index (χ2n) is 7.42. The van der Waals surface area contributed by atoms with Gasteiger partial charge in [0, 0.05) is 52.6 Å². The Hall–Kier alpha value is -3.17. The minimum absolute atomic E-state index is 0.103. The van der Waals surface area contributed by atoms with E-state index in [1.807, 2.05) is 65.2 Å². The molecule has 34 heavy (non-hydrogen) atoms. The number of carbonyl (C=O) groups excluding carboxylic acids is 1. The monoisotopic (exact) mass is 536 g/mol. The molecule has 1 amide bonds. The molecule has 0 saturated carbocycles. The Morgan fingerprint density at radius 2 is 1.76 bits per heavy atom. The Labute approximate surface area is 211 Å². The van der Waals surface area contributed by atoms with Crippen molar-refractivity contribution in [1.82, 2.24) is 19.7 Å². The van der Waals surface area contributed by atoms with Crippen LogP contribution in [0.5, 0.6) is 0 Å². The molecule has 7 nitrogen and oxygen atoms in total. The Bertz CT molecular complexity index is 1220. The third-order valence-electron chi connectivity index (χ3n) is 5.25. The zero-order chi connectivity index (χ0) is 23.9. The zero-order valence-corrected chi connectivity index (χ0v) is 21.4. The van der Waals surface area contributed by atoms with Gasteiger partial charge in [0.15, 0.2) is 11.0 Å². The third-order valence-corrected chi connectivity index (χ3v) is 6.71. The smallest absolute Gasteiger partial charge is 0.234 e. The number of thioether (sulfide) groups is 1. The van der Waals surface area contributed by atoms with Crippen molar-refractivity contribution in [3.63, 3.8) is 0 Å². The number of aromatic nitrogens is 4. The Morgan fingerprint density at radius 3 is 2.41 bits per heavy atom. The van der Waals surface area contributed by atoms with E-state index in [1.54, 1.807) is 12.4 Å². The maximum absolute atomic E-state index is 12.7. The quantitative estimate of drug-likeness (QED) is 0.278. The molecule has 0 aliphatic heterocycles. The van der Waals surface area contributed by atoms with Gasteiger partial charge in [-0.05, 0) is 74.5 Å². The van der Waals surface area contributed by atoms with E-state index >= 15 is 0 Å². The number of rotatable bonds is 9. The first-order valence-electron chi connectivity index (χ1n) is 11.0. The first-order valence-corrected chi connectivity index (χ1v) is 12.8. The fraction of sp³-hybridized carbons (Fsp3) is 0.200. The molecule has 4 rings (SSSR count). The normalized spacial score (nSPS) is 10.8. The molecule has 0 saturated heterocycles. The van der Waals surface area contributed by atoms with Gasteiger partial charge in [-0.2, -0.15) is 0 Å². The summed E-state index contributed by atoms with van der Waals surface area (Å²) < 4.78 is 2.92. The summed E-state index contributed by atoms with van der Waals surface area (Å²) in [5.41, 5.74) is 3.67. The highest BCUT2D eigenvalue weighted by Gasteiger charge is 2.17. The van der Waals surface area contributed by atoms with Crippen LogP contribution >= 0.6 is 27.7 Å². The predicted molar refractivity (Wildman–Crippen MR) is 142 cm³/mol. The molecule has 174 valence electrons. The summed E-state index contributed by atoms with van der Waals surface area (Å²) in [6.45, 7) is 6.14. The summed E-state index contributed by atoms with van der Waals surface area (Å²) in [6.07, 6.45) is 3.47. The maximum Gasteiger partial charge on any atom is 0.234 e. The lowest BCUT2D eigenvalue weighted by molar-refractivity contribution is -0.113. The summed E-state index contributed by atoms with van der Waals surface area (Å²) in [7, 11) is 0. The highest BCUT2D eigenvalue weighted by Crippen LogP contribution is 2.28. The van der Waals surface area contributed by atoms with E-state index in [4.69, 9.17) is 0 Å². The molecular weight excluding hydrogens is 512 g/mol. The van der Waals surface area contributed by atoms with Gasteiger partial charge in [-0.3, -0.25) is 14.3 Å². The van der Waals surface area contributed by atoms with Gasteiger partial charge >= 0.3 is 0 Å². The van der Waals surface area contributed by atoms with E-state index in [1.165, 1.54) is 11.8 Å². The van der Waals surface area contributed by atoms with Crippen LogP contribution in [-0.4, -0.2) is 44.5 Å². The number of benzene rings is 2. The van der Waals surface area contributed by atoms with Gasteiger partial charge in [-0.15, -0.1) is 10.2 Å². The zero-order valence-electron chi connectivity index (χ0n) is 19.0. The molecular formula is C25H25BrN6OS. The van der Waals surface area contributed by atoms with Crippen molar-refractivity contribution in [3.05, 3.63) is 77.5 Å². The molecule has 2 aromatic carbocycles. The molecule has 9 heteroatoms. The van der Waals surface area contributed by atoms with Crippen LogP contribution in [0.2, 0.25) is 0 Å². The van der Waals surface area contributed by atoms with Crippen molar-refractivity contribution < 1.29 is 4.79 Å². The predicted octanol–water partition coefficient (Wildman–Crippen LogP) is 5.67. The van der Waals surface area contributed by atoms with Gasteiger partial charge in [0.05, 0.1) is 5.75 Å². The standard InChI is InChI=1S/C25H25BrN6OS/c1-3-31(4-2)21-13-9-20(10-14-21)28-23(33)17-34-25-30-29-24(18-6-5-15-27-16-18)32(25)22-11-7-19(26)8-12-22/h5-16H,3-4,17H2,1-2H3,(H,28,33). The van der Waals surface area contributed by atoms with E-state index in [2.05, 4.69) is 55.2 Å². The number of hydrogen-bond acceptors (Lipinski definition) is 6. The van der Waals surface area contributed by atoms with Gasteiger partial charge in [0.2, 0.25) is 5.91 Å². The topological polar surface area (TPSA) is 75.9 Å². The number of carbonyl (C=O) groups is 1. The molecule has 0 atom stereocenters. The summed E-state index contributed by atoms with van der Waals surface area (Å²) in [5.74, 6) is 0.777. The van der Waals surface area contributed by atoms with Gasteiger partial charge in [-0.25, -0.2) is 0 Å². The molecule has 2 heterocycles. The van der Waals surface area contributed by atoms with Crippen LogP contribution in [-0.2, 0) is 4.79 Å². The molecule has 0 aliphatic rings. The molecule has 1 N–H and O–H groups in total. The fourth-order valence-corrected chi connectivity index (χ4v) is 4.56. The minimum atomic E-state index is -0.103. The first-order chi connectivity index (χ1) is 16.6. The lowest BCUT2D eigenvalue weighted by Crippen LogP contribution is -2.21. The van der Waals surface area contributed by atoms with Crippen LogP contribution in [0.1, 0.15) is 13.8 Å². The van der Waals surface area contributed by atoms with Crippen molar-refractivity contribution in [3.8, 4) is 17.1 Å². The SMILES string of the molecule is CCN(CC)c1ccc(NC(=O)CSc2nnc(-c3cccnc3)n2-c2ccc(Br)cc2)cc1. The van der Waals surface area contributed by atoms with Crippen LogP contribution in [0, 0.1) is 0 Å². The number of nitrogens with zero attached hydrogens (tertiary/aromatic N) is 5. The number of halogens is 1. The first kappa shape index (κ1) is 24.0. The van der Waals surface area contributed by atoms with Gasteiger partial charge in [-0.1, -0.05) is 27.7 Å².